The predicted octanol–water partition coefficient (Wildman–Crippen LogP) is 15.9. The molecule has 370 valence electrons. The van der Waals surface area contributed by atoms with E-state index in [-0.39, 0.29) is 19.1 Å². The van der Waals surface area contributed by atoms with E-state index in [9.17, 15) is 19.4 Å². The van der Waals surface area contributed by atoms with E-state index in [1.165, 1.54) is 205 Å². The number of hydrogen-bond acceptors (Lipinski definition) is 5. The van der Waals surface area contributed by atoms with Gasteiger partial charge in [-0.05, 0) is 38.5 Å². The van der Waals surface area contributed by atoms with Crippen molar-refractivity contribution in [2.45, 2.75) is 283 Å². The number of likely N-dealkylation sites (N-methyl/N-ethyl adjacent to an activating group) is 1. The number of amides is 1. The predicted molar refractivity (Wildman–Crippen MR) is 268 cm³/mol. The maximum atomic E-state index is 13.0. The fraction of sp³-hybridized carbons (Fsp3) is 0.943. The van der Waals surface area contributed by atoms with Crippen LogP contribution in [-0.2, 0) is 18.4 Å². The Kier molecular flexibility index (Phi) is 44.8. The lowest BCUT2D eigenvalue weighted by Gasteiger charge is -2.26. The number of phosphoric acid groups is 1. The number of hydrogen-bond donors (Lipinski definition) is 3. The largest absolute Gasteiger partial charge is 0.472 e. The van der Waals surface area contributed by atoms with E-state index in [2.05, 4.69) is 31.3 Å². The van der Waals surface area contributed by atoms with Gasteiger partial charge in [0.2, 0.25) is 5.91 Å². The first kappa shape index (κ1) is 61.2. The van der Waals surface area contributed by atoms with Crippen LogP contribution in [0.25, 0.3) is 0 Å². The number of carbonyl (C=O) groups excluding carboxylic acids is 1. The second-order valence-corrected chi connectivity index (χ2v) is 21.4. The van der Waals surface area contributed by atoms with Gasteiger partial charge in [0.05, 0.1) is 39.9 Å². The van der Waals surface area contributed by atoms with Crippen LogP contribution < -0.4 is 5.32 Å². The Balaban J connectivity index is 4.12. The lowest BCUT2D eigenvalue weighted by molar-refractivity contribution is -0.870. The molecule has 3 atom stereocenters. The van der Waals surface area contributed by atoms with Crippen LogP contribution >= 0.6 is 7.82 Å². The van der Waals surface area contributed by atoms with E-state index in [0.29, 0.717) is 23.9 Å². The summed E-state index contributed by atoms with van der Waals surface area (Å²) >= 11 is 0. The first-order chi connectivity index (χ1) is 30.0. The van der Waals surface area contributed by atoms with Gasteiger partial charge >= 0.3 is 7.82 Å². The van der Waals surface area contributed by atoms with E-state index in [4.69, 9.17) is 9.05 Å². The molecule has 0 saturated heterocycles. The molecule has 0 aliphatic rings. The molecule has 3 unspecified atom stereocenters. The zero-order chi connectivity index (χ0) is 45.7. The van der Waals surface area contributed by atoms with Gasteiger partial charge in [0, 0.05) is 6.42 Å². The molecule has 0 aromatic carbocycles. The van der Waals surface area contributed by atoms with Crippen molar-refractivity contribution in [1.82, 2.24) is 5.32 Å². The number of carbonyl (C=O) groups is 1. The van der Waals surface area contributed by atoms with Crippen molar-refractivity contribution in [2.24, 2.45) is 0 Å². The number of aliphatic hydroxyl groups excluding tert-OH is 1. The maximum absolute atomic E-state index is 13.0. The molecule has 0 saturated carbocycles. The van der Waals surface area contributed by atoms with Crippen LogP contribution in [-0.4, -0.2) is 73.4 Å². The first-order valence-electron chi connectivity index (χ1n) is 27.1. The number of unbranched alkanes of at least 4 members (excludes halogenated alkanes) is 35. The zero-order valence-electron chi connectivity index (χ0n) is 42.1. The number of rotatable bonds is 50. The molecule has 1 amide bonds. The van der Waals surface area contributed by atoms with Gasteiger partial charge in [0.25, 0.3) is 0 Å². The smallest absolute Gasteiger partial charge is 0.391 e. The van der Waals surface area contributed by atoms with Gasteiger partial charge in [0.15, 0.2) is 0 Å². The number of aliphatic hydroxyl groups is 1. The van der Waals surface area contributed by atoms with Gasteiger partial charge in [-0.3, -0.25) is 13.8 Å². The van der Waals surface area contributed by atoms with Crippen molar-refractivity contribution in [3.05, 3.63) is 12.2 Å². The fourth-order valence-corrected chi connectivity index (χ4v) is 8.96. The molecule has 9 heteroatoms. The van der Waals surface area contributed by atoms with Crippen molar-refractivity contribution in [2.75, 3.05) is 40.9 Å². The second kappa shape index (κ2) is 45.4. The molecule has 62 heavy (non-hydrogen) atoms. The molecule has 0 aliphatic carbocycles. The summed E-state index contributed by atoms with van der Waals surface area (Å²) in [6.45, 7) is 4.92. The van der Waals surface area contributed by atoms with Crippen molar-refractivity contribution in [3.8, 4) is 0 Å². The second-order valence-electron chi connectivity index (χ2n) is 20.0. The topological polar surface area (TPSA) is 105 Å². The minimum absolute atomic E-state index is 0.0767. The minimum atomic E-state index is -4.31. The summed E-state index contributed by atoms with van der Waals surface area (Å²) in [5.41, 5.74) is 0. The highest BCUT2D eigenvalue weighted by molar-refractivity contribution is 7.47. The summed E-state index contributed by atoms with van der Waals surface area (Å²) in [6.07, 6.45) is 54.0. The molecule has 0 aromatic rings. The highest BCUT2D eigenvalue weighted by atomic mass is 31.2. The van der Waals surface area contributed by atoms with Crippen LogP contribution in [0.5, 0.6) is 0 Å². The van der Waals surface area contributed by atoms with Crippen LogP contribution in [0.3, 0.4) is 0 Å². The van der Waals surface area contributed by atoms with E-state index in [0.717, 1.165) is 38.5 Å². The summed E-state index contributed by atoms with van der Waals surface area (Å²) in [7, 11) is 1.63. The molecule has 0 radical (unpaired) electrons. The number of nitrogens with one attached hydrogen (secondary N) is 1. The van der Waals surface area contributed by atoms with Crippen LogP contribution in [0.2, 0.25) is 0 Å². The van der Waals surface area contributed by atoms with Gasteiger partial charge < -0.3 is 19.8 Å². The van der Waals surface area contributed by atoms with Crippen LogP contribution in [0.1, 0.15) is 271 Å². The lowest BCUT2D eigenvalue weighted by atomic mass is 10.0. The highest BCUT2D eigenvalue weighted by Gasteiger charge is 2.28. The van der Waals surface area contributed by atoms with Crippen molar-refractivity contribution < 1.29 is 32.9 Å². The summed E-state index contributed by atoms with van der Waals surface area (Å²) in [6, 6.07) is -0.757. The zero-order valence-corrected chi connectivity index (χ0v) is 43.0. The normalized spacial score (nSPS) is 14.1. The van der Waals surface area contributed by atoms with Gasteiger partial charge in [-0.1, -0.05) is 238 Å². The molecule has 3 N–H and O–H groups in total. The van der Waals surface area contributed by atoms with Crippen LogP contribution in [0, 0.1) is 0 Å². The standard InChI is InChI=1S/C53H107N2O6P/c1-6-8-10-12-14-16-18-20-22-23-24-25-26-27-28-29-30-31-32-33-35-37-39-41-43-45-47-53(57)54-51(50-61-62(58,59)60-49-48-55(3,4)5)52(56)46-44-42-40-38-36-34-21-19-17-15-13-11-9-7-2/h27-28,51-52,56H,6-26,29-50H2,1-5H3,(H-,54,57,58,59)/p+1/b28-27-. The van der Waals surface area contributed by atoms with Gasteiger partial charge in [-0.2, -0.15) is 0 Å². The molecular weight excluding hydrogens is 792 g/mol. The summed E-state index contributed by atoms with van der Waals surface area (Å²) in [5.74, 6) is -0.142. The summed E-state index contributed by atoms with van der Waals surface area (Å²) in [4.78, 5) is 23.3. The van der Waals surface area contributed by atoms with Crippen molar-refractivity contribution in [3.63, 3.8) is 0 Å². The SMILES string of the molecule is CCCCCCCCCCCCCC/C=C\CCCCCCCCCCCCC(=O)NC(COP(=O)(O)OCC[N+](C)(C)C)C(O)CCCCCCCCCCCCCCCC. The Morgan fingerprint density at radius 2 is 0.871 bits per heavy atom. The van der Waals surface area contributed by atoms with Crippen molar-refractivity contribution >= 4 is 13.7 Å². The maximum Gasteiger partial charge on any atom is 0.472 e. The Morgan fingerprint density at radius 1 is 0.532 bits per heavy atom. The van der Waals surface area contributed by atoms with E-state index in [1.807, 2.05) is 21.1 Å². The molecule has 0 spiro atoms. The number of quaternary nitrogens is 1. The fourth-order valence-electron chi connectivity index (χ4n) is 8.22. The summed E-state index contributed by atoms with van der Waals surface area (Å²) < 4.78 is 23.7. The number of nitrogens with zero attached hydrogens (tertiary/aromatic N) is 1. The van der Waals surface area contributed by atoms with E-state index < -0.39 is 20.0 Å². The van der Waals surface area contributed by atoms with E-state index in [1.54, 1.807) is 0 Å². The molecule has 0 bridgehead atoms. The summed E-state index contributed by atoms with van der Waals surface area (Å²) in [5, 5.41) is 14.0. The van der Waals surface area contributed by atoms with E-state index >= 15 is 0 Å². The van der Waals surface area contributed by atoms with Crippen molar-refractivity contribution in [1.29, 1.82) is 0 Å². The van der Waals surface area contributed by atoms with Gasteiger partial charge in [-0.25, -0.2) is 4.57 Å². The Labute approximate surface area is 386 Å². The molecule has 0 heterocycles. The highest BCUT2D eigenvalue weighted by Crippen LogP contribution is 2.43. The quantitative estimate of drug-likeness (QED) is 0.0243. The van der Waals surface area contributed by atoms with Gasteiger partial charge in [-0.15, -0.1) is 0 Å². The molecular formula is C53H108N2O6P+. The Morgan fingerprint density at radius 3 is 1.24 bits per heavy atom. The molecule has 0 aromatic heterocycles. The third kappa shape index (κ3) is 47.2. The monoisotopic (exact) mass is 900 g/mol. The Hall–Kier alpha value is -0.760. The third-order valence-electron chi connectivity index (χ3n) is 12.5. The Bertz CT molecular complexity index is 1020. The first-order valence-corrected chi connectivity index (χ1v) is 28.5. The third-order valence-corrected chi connectivity index (χ3v) is 13.5. The molecule has 0 aliphatic heterocycles. The van der Waals surface area contributed by atoms with Crippen LogP contribution in [0.15, 0.2) is 12.2 Å². The average molecular weight is 900 g/mol. The molecule has 0 rings (SSSR count). The lowest BCUT2D eigenvalue weighted by Crippen LogP contribution is -2.46. The van der Waals surface area contributed by atoms with Gasteiger partial charge in [0.1, 0.15) is 13.2 Å². The average Bonchev–Trinajstić information content (AvgIpc) is 3.23. The molecule has 0 fully saturated rings. The number of phosphoric ester groups is 1. The number of allylic oxidation sites excluding steroid dienone is 2. The molecule has 8 nitrogen and oxygen atoms in total. The van der Waals surface area contributed by atoms with Crippen LogP contribution in [0.4, 0.5) is 0 Å². The minimum Gasteiger partial charge on any atom is -0.391 e.